The van der Waals surface area contributed by atoms with Crippen LogP contribution in [-0.2, 0) is 24.1 Å². The summed E-state index contributed by atoms with van der Waals surface area (Å²) >= 11 is 2.98. The summed E-state index contributed by atoms with van der Waals surface area (Å²) in [5.41, 5.74) is 0.964. The van der Waals surface area contributed by atoms with E-state index in [1.165, 1.54) is 23.3 Å². The van der Waals surface area contributed by atoms with Gasteiger partial charge in [-0.25, -0.2) is 9.97 Å². The van der Waals surface area contributed by atoms with E-state index in [4.69, 9.17) is 0 Å². The first kappa shape index (κ1) is 26.3. The fourth-order valence-corrected chi connectivity index (χ4v) is 6.85. The van der Waals surface area contributed by atoms with Crippen LogP contribution < -0.4 is 10.2 Å². The van der Waals surface area contributed by atoms with Crippen LogP contribution in [0, 0.1) is 12.8 Å². The van der Waals surface area contributed by atoms with Crippen molar-refractivity contribution >= 4 is 33.7 Å². The first-order chi connectivity index (χ1) is 16.6. The zero-order valence-electron chi connectivity index (χ0n) is 20.4. The van der Waals surface area contributed by atoms with Gasteiger partial charge in [-0.2, -0.15) is 13.2 Å². The number of aromatic nitrogens is 2. The van der Waals surface area contributed by atoms with Crippen molar-refractivity contribution in [1.82, 2.24) is 20.2 Å². The van der Waals surface area contributed by atoms with Crippen LogP contribution in [0.3, 0.4) is 0 Å². The Morgan fingerprint density at radius 2 is 1.94 bits per heavy atom. The number of anilines is 1. The lowest BCUT2D eigenvalue weighted by atomic mass is 9.84. The lowest BCUT2D eigenvalue weighted by molar-refractivity contribution is -0.121. The van der Waals surface area contributed by atoms with Crippen LogP contribution >= 0.6 is 22.7 Å². The van der Waals surface area contributed by atoms with Crippen molar-refractivity contribution in [1.29, 1.82) is 0 Å². The lowest BCUT2D eigenvalue weighted by Crippen LogP contribution is -2.38. The molecule has 1 aliphatic heterocycles. The molecule has 0 saturated heterocycles. The van der Waals surface area contributed by atoms with Gasteiger partial charge >= 0.3 is 6.18 Å². The summed E-state index contributed by atoms with van der Waals surface area (Å²) in [7, 11) is 1.46. The van der Waals surface area contributed by atoms with Gasteiger partial charge in [0, 0.05) is 48.6 Å². The first-order valence-corrected chi connectivity index (χ1v) is 14.0. The smallest absolute Gasteiger partial charge is 0.353 e. The highest BCUT2D eigenvalue weighted by Gasteiger charge is 2.31. The highest BCUT2D eigenvalue weighted by Crippen LogP contribution is 2.31. The molecule has 2 aromatic rings. The number of fused-ring (bicyclic) bond motifs is 1. The molecule has 4 rings (SSSR count). The quantitative estimate of drug-likeness (QED) is 0.541. The Bertz CT molecular complexity index is 959. The molecule has 0 atom stereocenters. The minimum atomic E-state index is -4.22. The van der Waals surface area contributed by atoms with Crippen LogP contribution in [0.15, 0.2) is 6.20 Å². The number of hydrogen-bond donors (Lipinski definition) is 1. The van der Waals surface area contributed by atoms with Crippen LogP contribution in [0.2, 0.25) is 0 Å². The Hall–Kier alpha value is -1.72. The molecule has 0 aromatic carbocycles. The molecular formula is C24H34F3N5OS2. The summed E-state index contributed by atoms with van der Waals surface area (Å²) in [6.07, 6.45) is 5.14. The standard InChI is InChI=1S/C24H34F3N5OS2/c1-16-28-14-19(34-16)13-22(33)29-18-5-3-17(4-6-18)7-10-32-11-8-20-21(9-12-32)35-23(30-20)31(2)15-24(25,26)27/h14,17-18H,3-13,15H2,1-2H3,(H,29,33). The molecular weight excluding hydrogens is 495 g/mol. The maximum atomic E-state index is 12.7. The summed E-state index contributed by atoms with van der Waals surface area (Å²) in [5.74, 6) is 0.779. The Labute approximate surface area is 212 Å². The number of nitrogens with zero attached hydrogens (tertiary/aromatic N) is 4. The van der Waals surface area contributed by atoms with Crippen molar-refractivity contribution in [2.75, 3.05) is 38.1 Å². The van der Waals surface area contributed by atoms with E-state index in [0.717, 1.165) is 85.0 Å². The highest BCUT2D eigenvalue weighted by atomic mass is 32.1. The molecule has 1 fully saturated rings. The van der Waals surface area contributed by atoms with Crippen molar-refractivity contribution in [2.24, 2.45) is 5.92 Å². The number of amides is 1. The maximum Gasteiger partial charge on any atom is 0.405 e. The zero-order valence-corrected chi connectivity index (χ0v) is 22.0. The van der Waals surface area contributed by atoms with E-state index in [1.54, 1.807) is 17.5 Å². The minimum Gasteiger partial charge on any atom is -0.353 e. The third-order valence-electron chi connectivity index (χ3n) is 6.90. The lowest BCUT2D eigenvalue weighted by Gasteiger charge is -2.30. The predicted molar refractivity (Wildman–Crippen MR) is 134 cm³/mol. The number of hydrogen-bond acceptors (Lipinski definition) is 7. The molecule has 0 unspecified atom stereocenters. The molecule has 194 valence electrons. The highest BCUT2D eigenvalue weighted by molar-refractivity contribution is 7.15. The normalized spacial score (nSPS) is 21.4. The molecule has 1 amide bonds. The van der Waals surface area contributed by atoms with Crippen LogP contribution in [0.25, 0.3) is 0 Å². The molecule has 2 aliphatic rings. The van der Waals surface area contributed by atoms with E-state index in [2.05, 4.69) is 20.2 Å². The van der Waals surface area contributed by atoms with Gasteiger partial charge in [-0.3, -0.25) is 4.79 Å². The third kappa shape index (κ3) is 7.88. The largest absolute Gasteiger partial charge is 0.405 e. The second kappa shape index (κ2) is 11.6. The van der Waals surface area contributed by atoms with Crippen molar-refractivity contribution in [3.8, 4) is 0 Å². The SMILES string of the molecule is Cc1ncc(CC(=O)NC2CCC(CCN3CCc4nc(N(C)CC(F)(F)F)sc4CC3)CC2)s1. The molecule has 3 heterocycles. The molecule has 11 heteroatoms. The number of carbonyl (C=O) groups excluding carboxylic acids is 1. The molecule has 0 bridgehead atoms. The average Bonchev–Trinajstić information content (AvgIpc) is 3.33. The van der Waals surface area contributed by atoms with Crippen LogP contribution in [-0.4, -0.2) is 66.2 Å². The monoisotopic (exact) mass is 529 g/mol. The Balaban J connectivity index is 1.15. The topological polar surface area (TPSA) is 61.4 Å². The van der Waals surface area contributed by atoms with Gasteiger partial charge in [0.25, 0.3) is 0 Å². The van der Waals surface area contributed by atoms with Gasteiger partial charge in [-0.05, 0) is 57.9 Å². The molecule has 2 aromatic heterocycles. The van der Waals surface area contributed by atoms with E-state index in [9.17, 15) is 18.0 Å². The van der Waals surface area contributed by atoms with Crippen LogP contribution in [0.5, 0.6) is 0 Å². The van der Waals surface area contributed by atoms with E-state index >= 15 is 0 Å². The van der Waals surface area contributed by atoms with E-state index in [1.807, 2.05) is 6.92 Å². The molecule has 0 spiro atoms. The van der Waals surface area contributed by atoms with E-state index in [-0.39, 0.29) is 11.9 Å². The maximum absolute atomic E-state index is 12.7. The van der Waals surface area contributed by atoms with Gasteiger partial charge in [0.2, 0.25) is 5.91 Å². The number of rotatable bonds is 8. The van der Waals surface area contributed by atoms with Gasteiger partial charge in [0.15, 0.2) is 5.13 Å². The number of carbonyl (C=O) groups is 1. The molecule has 6 nitrogen and oxygen atoms in total. The number of alkyl halides is 3. The van der Waals surface area contributed by atoms with Gasteiger partial charge in [0.1, 0.15) is 6.54 Å². The summed E-state index contributed by atoms with van der Waals surface area (Å²) in [6, 6.07) is 0.276. The zero-order chi connectivity index (χ0) is 25.0. The fourth-order valence-electron chi connectivity index (χ4n) is 5.00. The number of aryl methyl sites for hydroxylation is 1. The summed E-state index contributed by atoms with van der Waals surface area (Å²) < 4.78 is 38.1. The Morgan fingerprint density at radius 3 is 2.63 bits per heavy atom. The summed E-state index contributed by atoms with van der Waals surface area (Å²) in [4.78, 5) is 26.9. The average molecular weight is 530 g/mol. The van der Waals surface area contributed by atoms with E-state index < -0.39 is 12.7 Å². The van der Waals surface area contributed by atoms with Crippen molar-refractivity contribution in [2.45, 2.75) is 70.5 Å². The second-order valence-corrected chi connectivity index (χ2v) is 12.2. The Kier molecular flexibility index (Phi) is 8.70. The van der Waals surface area contributed by atoms with Gasteiger partial charge in [-0.1, -0.05) is 0 Å². The summed E-state index contributed by atoms with van der Waals surface area (Å²) in [6.45, 7) is 3.86. The number of nitrogens with one attached hydrogen (secondary N) is 1. The fraction of sp³-hybridized carbons (Fsp3) is 0.708. The van der Waals surface area contributed by atoms with Gasteiger partial charge in [0.05, 0.1) is 17.1 Å². The van der Waals surface area contributed by atoms with E-state index in [0.29, 0.717) is 17.5 Å². The van der Waals surface area contributed by atoms with Crippen LogP contribution in [0.1, 0.15) is 52.6 Å². The first-order valence-electron chi connectivity index (χ1n) is 12.3. The predicted octanol–water partition coefficient (Wildman–Crippen LogP) is 4.61. The van der Waals surface area contributed by atoms with Gasteiger partial charge < -0.3 is 15.1 Å². The third-order valence-corrected chi connectivity index (χ3v) is 9.08. The molecule has 1 aliphatic carbocycles. The Morgan fingerprint density at radius 1 is 1.20 bits per heavy atom. The summed E-state index contributed by atoms with van der Waals surface area (Å²) in [5, 5.41) is 4.65. The number of thiazole rings is 2. The molecule has 1 N–H and O–H groups in total. The number of halogens is 3. The van der Waals surface area contributed by atoms with Crippen molar-refractivity contribution < 1.29 is 18.0 Å². The van der Waals surface area contributed by atoms with Crippen molar-refractivity contribution in [3.63, 3.8) is 0 Å². The minimum absolute atomic E-state index is 0.0931. The molecule has 0 radical (unpaired) electrons. The van der Waals surface area contributed by atoms with Crippen LogP contribution in [0.4, 0.5) is 18.3 Å². The van der Waals surface area contributed by atoms with Gasteiger partial charge in [-0.15, -0.1) is 22.7 Å². The van der Waals surface area contributed by atoms with Crippen molar-refractivity contribution in [3.05, 3.63) is 26.7 Å². The molecule has 35 heavy (non-hydrogen) atoms. The second-order valence-electron chi connectivity index (χ2n) is 9.78. The molecule has 1 saturated carbocycles.